The number of ether oxygens (including phenoxy) is 3. The molecule has 0 unspecified atom stereocenters. The summed E-state index contributed by atoms with van der Waals surface area (Å²) in [5.41, 5.74) is -1.15. The Bertz CT molecular complexity index is 899. The van der Waals surface area contributed by atoms with Crippen LogP contribution < -0.4 is 4.74 Å². The van der Waals surface area contributed by atoms with E-state index in [0.717, 1.165) is 5.56 Å². The highest BCUT2D eigenvalue weighted by atomic mass is 16.6. The number of aliphatic hydroxyl groups is 1. The first-order chi connectivity index (χ1) is 16.6. The molecule has 2 saturated heterocycles. The molecule has 2 amide bonds. The SMILES string of the molecule is CC(C)(C)OC(=O)N1CCC(=O)CC1.COc1ccccc1C1(O)CCN(C(=O)OC(C)(C)C)CC1. The van der Waals surface area contributed by atoms with Crippen molar-refractivity contribution in [2.75, 3.05) is 33.3 Å². The molecule has 0 aromatic heterocycles. The summed E-state index contributed by atoms with van der Waals surface area (Å²) in [5.74, 6) is 0.903. The number of amides is 2. The van der Waals surface area contributed by atoms with Crippen molar-refractivity contribution in [3.8, 4) is 5.75 Å². The molecule has 2 aliphatic heterocycles. The second-order valence-electron chi connectivity index (χ2n) is 11.2. The van der Waals surface area contributed by atoms with Crippen LogP contribution in [0.2, 0.25) is 0 Å². The van der Waals surface area contributed by atoms with Crippen molar-refractivity contribution in [3.63, 3.8) is 0 Å². The van der Waals surface area contributed by atoms with Crippen molar-refractivity contribution in [1.82, 2.24) is 9.80 Å². The van der Waals surface area contributed by atoms with Crippen molar-refractivity contribution in [3.05, 3.63) is 29.8 Å². The summed E-state index contributed by atoms with van der Waals surface area (Å²) >= 11 is 0. The fourth-order valence-electron chi connectivity index (χ4n) is 3.95. The van der Waals surface area contributed by atoms with E-state index in [9.17, 15) is 19.5 Å². The van der Waals surface area contributed by atoms with Crippen LogP contribution in [0.5, 0.6) is 5.75 Å². The second-order valence-corrected chi connectivity index (χ2v) is 11.2. The lowest BCUT2D eigenvalue weighted by Crippen LogP contribution is -2.46. The fraction of sp³-hybridized carbons (Fsp3) is 0.667. The first-order valence-corrected chi connectivity index (χ1v) is 12.5. The van der Waals surface area contributed by atoms with Crippen molar-refractivity contribution in [1.29, 1.82) is 0 Å². The molecule has 0 atom stereocenters. The Hall–Kier alpha value is -2.81. The van der Waals surface area contributed by atoms with E-state index in [1.54, 1.807) is 16.9 Å². The van der Waals surface area contributed by atoms with E-state index in [2.05, 4.69) is 0 Å². The average molecular weight is 507 g/mol. The fourth-order valence-corrected chi connectivity index (χ4v) is 3.95. The molecule has 2 fully saturated rings. The highest BCUT2D eigenvalue weighted by Gasteiger charge is 2.38. The van der Waals surface area contributed by atoms with Gasteiger partial charge in [0.25, 0.3) is 0 Å². The van der Waals surface area contributed by atoms with Crippen LogP contribution in [-0.4, -0.2) is 77.4 Å². The molecule has 202 valence electrons. The number of benzene rings is 1. The van der Waals surface area contributed by atoms with E-state index < -0.39 is 16.8 Å². The van der Waals surface area contributed by atoms with Crippen LogP contribution in [0.25, 0.3) is 0 Å². The smallest absolute Gasteiger partial charge is 0.410 e. The number of carbonyl (C=O) groups is 3. The third-order valence-electron chi connectivity index (χ3n) is 5.82. The molecule has 3 rings (SSSR count). The molecule has 0 spiro atoms. The number of ketones is 1. The normalized spacial score (nSPS) is 18.1. The van der Waals surface area contributed by atoms with Crippen LogP contribution in [0.4, 0.5) is 9.59 Å². The molecule has 9 heteroatoms. The zero-order valence-electron chi connectivity index (χ0n) is 22.8. The minimum absolute atomic E-state index is 0.227. The minimum Gasteiger partial charge on any atom is -0.496 e. The summed E-state index contributed by atoms with van der Waals surface area (Å²) in [7, 11) is 1.60. The number of rotatable bonds is 2. The van der Waals surface area contributed by atoms with Crippen molar-refractivity contribution in [2.45, 2.75) is 84.0 Å². The number of para-hydroxylation sites is 1. The molecule has 36 heavy (non-hydrogen) atoms. The highest BCUT2D eigenvalue weighted by molar-refractivity contribution is 5.81. The number of carbonyl (C=O) groups excluding carboxylic acids is 3. The van der Waals surface area contributed by atoms with Crippen molar-refractivity contribution in [2.24, 2.45) is 0 Å². The predicted octanol–water partition coefficient (Wildman–Crippen LogP) is 4.50. The molecule has 0 bridgehead atoms. The van der Waals surface area contributed by atoms with Gasteiger partial charge in [0.1, 0.15) is 22.7 Å². The van der Waals surface area contributed by atoms with Crippen LogP contribution in [-0.2, 0) is 19.9 Å². The summed E-state index contributed by atoms with van der Waals surface area (Å²) in [5, 5.41) is 10.9. The van der Waals surface area contributed by atoms with Gasteiger partial charge in [-0.25, -0.2) is 9.59 Å². The van der Waals surface area contributed by atoms with Gasteiger partial charge in [-0.05, 0) is 60.5 Å². The van der Waals surface area contributed by atoms with Gasteiger partial charge in [-0.15, -0.1) is 0 Å². The highest BCUT2D eigenvalue weighted by Crippen LogP contribution is 2.38. The Morgan fingerprint density at radius 1 is 0.833 bits per heavy atom. The van der Waals surface area contributed by atoms with Gasteiger partial charge in [0.05, 0.1) is 12.7 Å². The molecular weight excluding hydrogens is 464 g/mol. The van der Waals surface area contributed by atoms with Gasteiger partial charge < -0.3 is 29.1 Å². The van der Waals surface area contributed by atoms with Crippen molar-refractivity contribution < 1.29 is 33.7 Å². The molecule has 0 radical (unpaired) electrons. The second kappa shape index (κ2) is 12.0. The topological polar surface area (TPSA) is 106 Å². The zero-order valence-corrected chi connectivity index (χ0v) is 22.8. The van der Waals surface area contributed by atoms with Gasteiger partial charge in [0.2, 0.25) is 0 Å². The van der Waals surface area contributed by atoms with Gasteiger partial charge in [-0.1, -0.05) is 18.2 Å². The van der Waals surface area contributed by atoms with Crippen LogP contribution in [0.3, 0.4) is 0 Å². The Labute approximate surface area is 214 Å². The van der Waals surface area contributed by atoms with Crippen LogP contribution in [0.1, 0.15) is 72.8 Å². The number of likely N-dealkylation sites (tertiary alicyclic amines) is 2. The van der Waals surface area contributed by atoms with Crippen LogP contribution >= 0.6 is 0 Å². The molecule has 1 aromatic carbocycles. The predicted molar refractivity (Wildman–Crippen MR) is 136 cm³/mol. The molecule has 9 nitrogen and oxygen atoms in total. The van der Waals surface area contributed by atoms with E-state index in [1.807, 2.05) is 65.8 Å². The third-order valence-corrected chi connectivity index (χ3v) is 5.82. The summed E-state index contributed by atoms with van der Waals surface area (Å²) in [6.45, 7) is 13.0. The maximum Gasteiger partial charge on any atom is 0.410 e. The van der Waals surface area contributed by atoms with Gasteiger partial charge in [0.15, 0.2) is 0 Å². The lowest BCUT2D eigenvalue weighted by Gasteiger charge is -2.39. The largest absolute Gasteiger partial charge is 0.496 e. The summed E-state index contributed by atoms with van der Waals surface area (Å²) in [6.07, 6.45) is 1.21. The monoisotopic (exact) mass is 506 g/mol. The zero-order chi connectivity index (χ0) is 27.1. The Morgan fingerprint density at radius 2 is 1.28 bits per heavy atom. The molecule has 2 aliphatic rings. The van der Waals surface area contributed by atoms with Crippen LogP contribution in [0, 0.1) is 0 Å². The molecule has 0 saturated carbocycles. The average Bonchev–Trinajstić information content (AvgIpc) is 2.78. The van der Waals surface area contributed by atoms with E-state index in [4.69, 9.17) is 14.2 Å². The quantitative estimate of drug-likeness (QED) is 0.629. The summed E-state index contributed by atoms with van der Waals surface area (Å²) < 4.78 is 15.9. The van der Waals surface area contributed by atoms with Gasteiger partial charge in [-0.3, -0.25) is 4.79 Å². The number of nitrogens with zero attached hydrogens (tertiary/aromatic N) is 2. The molecule has 1 aromatic rings. The Kier molecular flexibility index (Phi) is 9.77. The Balaban J connectivity index is 0.000000281. The lowest BCUT2D eigenvalue weighted by molar-refractivity contribution is -0.121. The van der Waals surface area contributed by atoms with E-state index in [1.165, 1.54) is 0 Å². The summed E-state index contributed by atoms with van der Waals surface area (Å²) in [4.78, 5) is 37.8. The van der Waals surface area contributed by atoms with E-state index in [-0.39, 0.29) is 18.0 Å². The van der Waals surface area contributed by atoms with Gasteiger partial charge in [-0.2, -0.15) is 0 Å². The summed E-state index contributed by atoms with van der Waals surface area (Å²) in [6, 6.07) is 7.48. The molecule has 1 N–H and O–H groups in total. The first-order valence-electron chi connectivity index (χ1n) is 12.5. The maximum absolute atomic E-state index is 12.1. The van der Waals surface area contributed by atoms with E-state index in [0.29, 0.717) is 57.6 Å². The third kappa shape index (κ3) is 9.00. The van der Waals surface area contributed by atoms with Crippen molar-refractivity contribution >= 4 is 18.0 Å². The molecular formula is C27H42N2O7. The van der Waals surface area contributed by atoms with Gasteiger partial charge >= 0.3 is 12.2 Å². The molecule has 0 aliphatic carbocycles. The Morgan fingerprint density at radius 3 is 1.72 bits per heavy atom. The number of hydrogen-bond acceptors (Lipinski definition) is 7. The van der Waals surface area contributed by atoms with Gasteiger partial charge in [0, 0.05) is 44.6 Å². The standard InChI is InChI=1S/C17H25NO4.C10H17NO3/c1-16(2,3)22-15(19)18-11-9-17(20,10-12-18)13-7-5-6-8-14(13)21-4;1-10(2,3)14-9(13)11-6-4-8(12)5-7-11/h5-8,20H,9-12H2,1-4H3;4-7H2,1-3H3. The number of hydrogen-bond donors (Lipinski definition) is 1. The minimum atomic E-state index is -0.967. The number of Topliss-reactive ketones (excluding diaryl/α,β-unsaturated/α-hetero) is 1. The number of piperidine rings is 2. The van der Waals surface area contributed by atoms with Crippen LogP contribution in [0.15, 0.2) is 24.3 Å². The number of methoxy groups -OCH3 is 1. The maximum atomic E-state index is 12.1. The van der Waals surface area contributed by atoms with E-state index >= 15 is 0 Å². The first kappa shape index (κ1) is 29.4. The lowest BCUT2D eigenvalue weighted by atomic mass is 9.84. The molecule has 2 heterocycles.